The van der Waals surface area contributed by atoms with Crippen molar-refractivity contribution in [2.24, 2.45) is 0 Å². The lowest BCUT2D eigenvalue weighted by molar-refractivity contribution is -0.384. The third-order valence-electron chi connectivity index (χ3n) is 5.39. The number of para-hydroxylation sites is 1. The summed E-state index contributed by atoms with van der Waals surface area (Å²) in [6.07, 6.45) is 2.56. The number of nitro groups is 1. The van der Waals surface area contributed by atoms with Gasteiger partial charge in [0.05, 0.1) is 27.1 Å². The van der Waals surface area contributed by atoms with E-state index in [1.807, 2.05) is 6.92 Å². The quantitative estimate of drug-likeness (QED) is 0.131. The van der Waals surface area contributed by atoms with Gasteiger partial charge >= 0.3 is 0 Å². The van der Waals surface area contributed by atoms with Gasteiger partial charge in [0.1, 0.15) is 17.4 Å². The summed E-state index contributed by atoms with van der Waals surface area (Å²) in [5.74, 6) is -1.43. The number of fused-ring (bicyclic) bond motifs is 1. The number of hydrogen-bond donors (Lipinski definition) is 2. The Morgan fingerprint density at radius 2 is 1.83 bits per heavy atom. The maximum absolute atomic E-state index is 13.3. The first-order chi connectivity index (χ1) is 17.1. The van der Waals surface area contributed by atoms with Crippen LogP contribution in [-0.4, -0.2) is 28.3 Å². The molecule has 0 saturated carbocycles. The van der Waals surface area contributed by atoms with Gasteiger partial charge in [0.25, 0.3) is 21.6 Å². The molecule has 0 unspecified atom stereocenters. The third-order valence-corrected chi connectivity index (χ3v) is 7.08. The number of phenols is 1. The van der Waals surface area contributed by atoms with E-state index in [-0.39, 0.29) is 21.8 Å². The Hall–Kier alpha value is -4.95. The number of amides is 1. The van der Waals surface area contributed by atoms with E-state index in [2.05, 4.69) is 5.32 Å². The number of nitrogens with one attached hydrogen (secondary N) is 1. The van der Waals surface area contributed by atoms with Gasteiger partial charge in [0, 0.05) is 23.2 Å². The van der Waals surface area contributed by atoms with E-state index in [0.717, 1.165) is 27.7 Å². The van der Waals surface area contributed by atoms with Crippen LogP contribution in [-0.2, 0) is 14.8 Å². The number of nitro benzene ring substituents is 1. The standard InChI is InChI=1S/C25H18N4O6S/c1-16-6-9-20(10-7-16)36(34,35)28-15-18(21-4-2-3-5-23(21)28)12-17(14-26)25(31)27-22-11-8-19(29(32)33)13-24(22)30/h2-13,15,30H,1H3,(H,27,31)/b17-12+. The van der Waals surface area contributed by atoms with Gasteiger partial charge in [-0.2, -0.15) is 5.26 Å². The van der Waals surface area contributed by atoms with E-state index in [0.29, 0.717) is 16.5 Å². The van der Waals surface area contributed by atoms with Gasteiger partial charge in [-0.3, -0.25) is 14.9 Å². The minimum Gasteiger partial charge on any atom is -0.506 e. The monoisotopic (exact) mass is 502 g/mol. The van der Waals surface area contributed by atoms with E-state index in [1.54, 1.807) is 42.5 Å². The average Bonchev–Trinajstić information content (AvgIpc) is 3.23. The second-order valence-corrected chi connectivity index (χ2v) is 9.61. The molecule has 0 spiro atoms. The summed E-state index contributed by atoms with van der Waals surface area (Å²) in [7, 11) is -3.97. The van der Waals surface area contributed by atoms with Crippen LogP contribution in [0.3, 0.4) is 0 Å². The molecule has 2 N–H and O–H groups in total. The Morgan fingerprint density at radius 1 is 1.14 bits per heavy atom. The van der Waals surface area contributed by atoms with Crippen molar-refractivity contribution in [3.8, 4) is 11.8 Å². The molecule has 36 heavy (non-hydrogen) atoms. The van der Waals surface area contributed by atoms with Gasteiger partial charge in [0.2, 0.25) is 0 Å². The molecule has 0 radical (unpaired) electrons. The zero-order valence-corrected chi connectivity index (χ0v) is 19.6. The van der Waals surface area contributed by atoms with Crippen LogP contribution in [0.15, 0.2) is 83.4 Å². The van der Waals surface area contributed by atoms with Gasteiger partial charge in [-0.25, -0.2) is 12.4 Å². The molecule has 0 aliphatic rings. The van der Waals surface area contributed by atoms with Crippen molar-refractivity contribution in [1.82, 2.24) is 3.97 Å². The van der Waals surface area contributed by atoms with Gasteiger partial charge in [-0.15, -0.1) is 0 Å². The lowest BCUT2D eigenvalue weighted by atomic mass is 10.1. The van der Waals surface area contributed by atoms with Gasteiger partial charge < -0.3 is 10.4 Å². The Bertz CT molecular complexity index is 1700. The first-order valence-corrected chi connectivity index (χ1v) is 11.9. The maximum Gasteiger partial charge on any atom is 0.273 e. The Morgan fingerprint density at radius 3 is 2.47 bits per heavy atom. The summed E-state index contributed by atoms with van der Waals surface area (Å²) in [4.78, 5) is 23.0. The van der Waals surface area contributed by atoms with Gasteiger partial charge in [-0.1, -0.05) is 35.9 Å². The third kappa shape index (κ3) is 4.53. The SMILES string of the molecule is Cc1ccc(S(=O)(=O)n2cc(/C=C(\C#N)C(=O)Nc3ccc([N+](=O)[O-])cc3O)c3ccccc32)cc1. The highest BCUT2D eigenvalue weighted by atomic mass is 32.2. The van der Waals surface area contributed by atoms with Crippen LogP contribution in [0.25, 0.3) is 17.0 Å². The number of hydrogen-bond acceptors (Lipinski definition) is 7. The minimum atomic E-state index is -3.97. The molecule has 4 aromatic rings. The van der Waals surface area contributed by atoms with Crippen molar-refractivity contribution in [1.29, 1.82) is 5.26 Å². The number of nitriles is 1. The summed E-state index contributed by atoms with van der Waals surface area (Å²) in [6, 6.07) is 17.9. The lowest BCUT2D eigenvalue weighted by Crippen LogP contribution is -2.13. The van der Waals surface area contributed by atoms with Crippen LogP contribution < -0.4 is 5.32 Å². The van der Waals surface area contributed by atoms with Crippen LogP contribution in [0, 0.1) is 28.4 Å². The normalized spacial score (nSPS) is 11.7. The highest BCUT2D eigenvalue weighted by Gasteiger charge is 2.22. The number of anilines is 1. The number of benzene rings is 3. The highest BCUT2D eigenvalue weighted by molar-refractivity contribution is 7.90. The smallest absolute Gasteiger partial charge is 0.273 e. The predicted octanol–water partition coefficient (Wildman–Crippen LogP) is 4.35. The molecule has 0 aliphatic carbocycles. The number of carbonyl (C=O) groups is 1. The Balaban J connectivity index is 1.74. The number of aromatic hydroxyl groups is 1. The molecule has 1 aromatic heterocycles. The number of aromatic nitrogens is 1. The van der Waals surface area contributed by atoms with E-state index in [1.165, 1.54) is 24.4 Å². The van der Waals surface area contributed by atoms with Crippen molar-refractivity contribution < 1.29 is 23.2 Å². The predicted molar refractivity (Wildman–Crippen MR) is 133 cm³/mol. The van der Waals surface area contributed by atoms with Gasteiger partial charge in [0.15, 0.2) is 0 Å². The summed E-state index contributed by atoms with van der Waals surface area (Å²) >= 11 is 0. The van der Waals surface area contributed by atoms with Crippen molar-refractivity contribution >= 4 is 44.3 Å². The average molecular weight is 503 g/mol. The van der Waals surface area contributed by atoms with E-state index in [4.69, 9.17) is 0 Å². The molecular weight excluding hydrogens is 484 g/mol. The number of aryl methyl sites for hydroxylation is 1. The zero-order chi connectivity index (χ0) is 26.0. The molecule has 0 atom stereocenters. The number of nitrogens with zero attached hydrogens (tertiary/aromatic N) is 3. The molecule has 4 rings (SSSR count). The summed E-state index contributed by atoms with van der Waals surface area (Å²) in [5, 5.41) is 33.3. The molecule has 0 saturated heterocycles. The molecule has 0 bridgehead atoms. The fourth-order valence-corrected chi connectivity index (χ4v) is 4.92. The van der Waals surface area contributed by atoms with Crippen molar-refractivity contribution in [2.45, 2.75) is 11.8 Å². The van der Waals surface area contributed by atoms with E-state index in [9.17, 15) is 33.7 Å². The van der Waals surface area contributed by atoms with Crippen LogP contribution in [0.2, 0.25) is 0 Å². The van der Waals surface area contributed by atoms with Crippen LogP contribution in [0.4, 0.5) is 11.4 Å². The molecule has 1 amide bonds. The van der Waals surface area contributed by atoms with Crippen molar-refractivity contribution in [2.75, 3.05) is 5.32 Å². The molecule has 11 heteroatoms. The molecule has 1 heterocycles. The first kappa shape index (κ1) is 24.2. The largest absolute Gasteiger partial charge is 0.506 e. The molecule has 10 nitrogen and oxygen atoms in total. The van der Waals surface area contributed by atoms with Crippen molar-refractivity contribution in [3.05, 3.63) is 99.7 Å². The number of non-ortho nitro benzene ring substituents is 1. The highest BCUT2D eigenvalue weighted by Crippen LogP contribution is 2.30. The van der Waals surface area contributed by atoms with Gasteiger partial charge in [-0.05, 0) is 37.3 Å². The van der Waals surface area contributed by atoms with E-state index >= 15 is 0 Å². The second kappa shape index (κ2) is 9.36. The Labute approximate surface area is 205 Å². The maximum atomic E-state index is 13.3. The lowest BCUT2D eigenvalue weighted by Gasteiger charge is -2.07. The second-order valence-electron chi connectivity index (χ2n) is 7.80. The number of rotatable bonds is 6. The molecular formula is C25H18N4O6S. The number of phenolic OH excluding ortho intramolecular Hbond substituents is 1. The Kier molecular flexibility index (Phi) is 6.29. The van der Waals surface area contributed by atoms with Crippen molar-refractivity contribution in [3.63, 3.8) is 0 Å². The molecule has 0 aliphatic heterocycles. The first-order valence-electron chi connectivity index (χ1n) is 10.4. The van der Waals surface area contributed by atoms with Crippen LogP contribution in [0.1, 0.15) is 11.1 Å². The molecule has 180 valence electrons. The summed E-state index contributed by atoms with van der Waals surface area (Å²) in [6.45, 7) is 1.84. The summed E-state index contributed by atoms with van der Waals surface area (Å²) in [5.41, 5.74) is 0.693. The summed E-state index contributed by atoms with van der Waals surface area (Å²) < 4.78 is 27.8. The molecule has 0 fully saturated rings. The topological polar surface area (TPSA) is 155 Å². The minimum absolute atomic E-state index is 0.0799. The van der Waals surface area contributed by atoms with E-state index < -0.39 is 26.6 Å². The zero-order valence-electron chi connectivity index (χ0n) is 18.7. The van der Waals surface area contributed by atoms with Crippen LogP contribution in [0.5, 0.6) is 5.75 Å². The van der Waals surface area contributed by atoms with Crippen LogP contribution >= 0.6 is 0 Å². The number of carbonyl (C=O) groups excluding carboxylic acids is 1. The molecule has 3 aromatic carbocycles. The fourth-order valence-electron chi connectivity index (χ4n) is 3.55. The fraction of sp³-hybridized carbons (Fsp3) is 0.0400.